The fraction of sp³-hybridized carbons (Fsp3) is 0.231. The van der Waals surface area contributed by atoms with Crippen LogP contribution >= 0.6 is 11.6 Å². The molecule has 0 aliphatic carbocycles. The van der Waals surface area contributed by atoms with Gasteiger partial charge >= 0.3 is 0 Å². The molecule has 0 fully saturated rings. The summed E-state index contributed by atoms with van der Waals surface area (Å²) in [7, 11) is 0. The van der Waals surface area contributed by atoms with Crippen LogP contribution in [0.5, 0.6) is 0 Å². The number of hydrogen-bond acceptors (Lipinski definition) is 3. The molecule has 1 aromatic carbocycles. The maximum atomic E-state index is 13.8. The molecule has 1 heterocycles. The fourth-order valence-corrected chi connectivity index (χ4v) is 2.13. The van der Waals surface area contributed by atoms with Crippen LogP contribution in [-0.2, 0) is 6.42 Å². The van der Waals surface area contributed by atoms with E-state index in [2.05, 4.69) is 9.97 Å². The average Bonchev–Trinajstić information content (AvgIpc) is 2.28. The number of rotatable bonds is 2. The van der Waals surface area contributed by atoms with E-state index in [1.807, 2.05) is 13.8 Å². The monoisotopic (exact) mass is 265 g/mol. The first kappa shape index (κ1) is 12.8. The van der Waals surface area contributed by atoms with Crippen LogP contribution in [0.25, 0.3) is 11.4 Å². The van der Waals surface area contributed by atoms with E-state index in [9.17, 15) is 4.39 Å². The van der Waals surface area contributed by atoms with Crippen LogP contribution in [-0.4, -0.2) is 9.97 Å². The normalized spacial score (nSPS) is 10.7. The van der Waals surface area contributed by atoms with Gasteiger partial charge in [-0.2, -0.15) is 0 Å². The van der Waals surface area contributed by atoms with Gasteiger partial charge in [0.05, 0.1) is 10.6 Å². The summed E-state index contributed by atoms with van der Waals surface area (Å²) in [5.41, 5.74) is 7.68. The third-order valence-corrected chi connectivity index (χ3v) is 3.10. The van der Waals surface area contributed by atoms with E-state index in [4.69, 9.17) is 17.3 Å². The van der Waals surface area contributed by atoms with Gasteiger partial charge in [-0.3, -0.25) is 0 Å². The first-order chi connectivity index (χ1) is 8.54. The van der Waals surface area contributed by atoms with E-state index in [0.717, 1.165) is 17.7 Å². The molecule has 0 saturated heterocycles. The Kier molecular flexibility index (Phi) is 3.48. The lowest BCUT2D eigenvalue weighted by Crippen LogP contribution is -2.05. The number of halogens is 2. The Morgan fingerprint density at radius 1 is 1.33 bits per heavy atom. The number of hydrogen-bond donors (Lipinski definition) is 1. The molecule has 94 valence electrons. The van der Waals surface area contributed by atoms with Gasteiger partial charge in [0.15, 0.2) is 5.82 Å². The Morgan fingerprint density at radius 2 is 2.06 bits per heavy atom. The molecule has 3 nitrogen and oxygen atoms in total. The Hall–Kier alpha value is -1.68. The minimum atomic E-state index is -0.453. The molecule has 2 aromatic rings. The highest BCUT2D eigenvalue weighted by atomic mass is 35.5. The van der Waals surface area contributed by atoms with E-state index in [0.29, 0.717) is 5.82 Å². The standard InChI is InChI=1S/C13H13ClFN3/c1-3-8-7(2)17-13(18-12(8)16)11-9(14)5-4-6-10(11)15/h4-6H,3H2,1-2H3,(H2,16,17,18). The van der Waals surface area contributed by atoms with Crippen molar-refractivity contribution >= 4 is 17.4 Å². The van der Waals surface area contributed by atoms with Crippen molar-refractivity contribution in [3.63, 3.8) is 0 Å². The van der Waals surface area contributed by atoms with Crippen molar-refractivity contribution in [2.45, 2.75) is 20.3 Å². The number of nitrogens with zero attached hydrogens (tertiary/aromatic N) is 2. The molecule has 0 amide bonds. The summed E-state index contributed by atoms with van der Waals surface area (Å²) in [5, 5.41) is 0.276. The highest BCUT2D eigenvalue weighted by molar-refractivity contribution is 6.33. The van der Waals surface area contributed by atoms with E-state index in [1.165, 1.54) is 12.1 Å². The zero-order valence-electron chi connectivity index (χ0n) is 10.2. The highest BCUT2D eigenvalue weighted by Gasteiger charge is 2.15. The van der Waals surface area contributed by atoms with Crippen molar-refractivity contribution in [2.75, 3.05) is 5.73 Å². The molecule has 0 bridgehead atoms. The maximum absolute atomic E-state index is 13.8. The fourth-order valence-electron chi connectivity index (χ4n) is 1.88. The Bertz CT molecular complexity index is 556. The number of aryl methyl sites for hydroxylation is 1. The number of anilines is 1. The van der Waals surface area contributed by atoms with Gasteiger partial charge < -0.3 is 5.73 Å². The quantitative estimate of drug-likeness (QED) is 0.906. The molecule has 0 aliphatic heterocycles. The smallest absolute Gasteiger partial charge is 0.166 e. The maximum Gasteiger partial charge on any atom is 0.166 e. The van der Waals surface area contributed by atoms with E-state index in [-0.39, 0.29) is 16.4 Å². The third kappa shape index (κ3) is 2.16. The lowest BCUT2D eigenvalue weighted by Gasteiger charge is -2.10. The molecule has 0 spiro atoms. The predicted molar refractivity (Wildman–Crippen MR) is 71.0 cm³/mol. The molecule has 2 N–H and O–H groups in total. The van der Waals surface area contributed by atoms with E-state index < -0.39 is 5.82 Å². The first-order valence-electron chi connectivity index (χ1n) is 5.62. The summed E-state index contributed by atoms with van der Waals surface area (Å²) in [5.74, 6) is 0.148. The molecule has 0 unspecified atom stereocenters. The van der Waals surface area contributed by atoms with Crippen LogP contribution in [0.2, 0.25) is 5.02 Å². The molecule has 0 radical (unpaired) electrons. The van der Waals surface area contributed by atoms with Gasteiger partial charge in [0, 0.05) is 11.3 Å². The molecule has 2 rings (SSSR count). The lowest BCUT2D eigenvalue weighted by molar-refractivity contribution is 0.630. The minimum absolute atomic E-state index is 0.191. The molecule has 18 heavy (non-hydrogen) atoms. The molecule has 0 atom stereocenters. The molecule has 1 aromatic heterocycles. The van der Waals surface area contributed by atoms with E-state index in [1.54, 1.807) is 6.07 Å². The largest absolute Gasteiger partial charge is 0.383 e. The summed E-state index contributed by atoms with van der Waals surface area (Å²) in [6.45, 7) is 3.80. The van der Waals surface area contributed by atoms with Gasteiger partial charge in [-0.05, 0) is 25.5 Å². The second-order valence-corrected chi connectivity index (χ2v) is 4.35. The first-order valence-corrected chi connectivity index (χ1v) is 5.99. The summed E-state index contributed by atoms with van der Waals surface area (Å²) >= 11 is 5.98. The van der Waals surface area contributed by atoms with Crippen molar-refractivity contribution in [2.24, 2.45) is 0 Å². The van der Waals surface area contributed by atoms with Crippen LogP contribution < -0.4 is 5.73 Å². The van der Waals surface area contributed by atoms with Crippen LogP contribution in [0.4, 0.5) is 10.2 Å². The second-order valence-electron chi connectivity index (χ2n) is 3.95. The minimum Gasteiger partial charge on any atom is -0.383 e. The van der Waals surface area contributed by atoms with Crippen LogP contribution in [0, 0.1) is 12.7 Å². The molecular weight excluding hydrogens is 253 g/mol. The van der Waals surface area contributed by atoms with Crippen LogP contribution in [0.15, 0.2) is 18.2 Å². The molecule has 0 aliphatic rings. The third-order valence-electron chi connectivity index (χ3n) is 2.79. The van der Waals surface area contributed by atoms with Gasteiger partial charge in [-0.25, -0.2) is 14.4 Å². The number of nitrogens with two attached hydrogens (primary N) is 1. The number of aromatic nitrogens is 2. The zero-order chi connectivity index (χ0) is 13.3. The number of benzene rings is 1. The highest BCUT2D eigenvalue weighted by Crippen LogP contribution is 2.29. The van der Waals surface area contributed by atoms with Crippen LogP contribution in [0.3, 0.4) is 0 Å². The van der Waals surface area contributed by atoms with E-state index >= 15 is 0 Å². The summed E-state index contributed by atoms with van der Waals surface area (Å²) in [6.07, 6.45) is 0.739. The predicted octanol–water partition coefficient (Wildman–Crippen LogP) is 3.39. The van der Waals surface area contributed by atoms with Crippen molar-refractivity contribution < 1.29 is 4.39 Å². The Balaban J connectivity index is 2.66. The summed E-state index contributed by atoms with van der Waals surface area (Å²) < 4.78 is 13.8. The Labute approximate surface area is 110 Å². The van der Waals surface area contributed by atoms with Gasteiger partial charge in [0.1, 0.15) is 11.6 Å². The van der Waals surface area contributed by atoms with Crippen LogP contribution in [0.1, 0.15) is 18.2 Å². The van der Waals surface area contributed by atoms with Gasteiger partial charge in [0.25, 0.3) is 0 Å². The van der Waals surface area contributed by atoms with Crippen molar-refractivity contribution in [1.29, 1.82) is 0 Å². The second kappa shape index (κ2) is 4.90. The van der Waals surface area contributed by atoms with Gasteiger partial charge in [0.2, 0.25) is 0 Å². The number of nitrogen functional groups attached to an aromatic ring is 1. The molecule has 5 heteroatoms. The average molecular weight is 266 g/mol. The topological polar surface area (TPSA) is 51.8 Å². The van der Waals surface area contributed by atoms with Gasteiger partial charge in [-0.1, -0.05) is 24.6 Å². The SMILES string of the molecule is CCc1c(C)nc(-c2c(F)cccc2Cl)nc1N. The summed E-state index contributed by atoms with van der Waals surface area (Å²) in [6, 6.07) is 4.46. The van der Waals surface area contributed by atoms with Crippen molar-refractivity contribution in [3.05, 3.63) is 40.3 Å². The van der Waals surface area contributed by atoms with Crippen molar-refractivity contribution in [3.8, 4) is 11.4 Å². The lowest BCUT2D eigenvalue weighted by atomic mass is 10.1. The Morgan fingerprint density at radius 3 is 2.61 bits per heavy atom. The van der Waals surface area contributed by atoms with Gasteiger partial charge in [-0.15, -0.1) is 0 Å². The van der Waals surface area contributed by atoms with Crippen molar-refractivity contribution in [1.82, 2.24) is 9.97 Å². The molecule has 0 saturated carbocycles. The summed E-state index contributed by atoms with van der Waals surface area (Å²) in [4.78, 5) is 8.42. The molecular formula is C13H13ClFN3. The zero-order valence-corrected chi connectivity index (χ0v) is 10.9.